The number of rotatable bonds is 4. The van der Waals surface area contributed by atoms with Gasteiger partial charge in [-0.15, -0.1) is 0 Å². The molecular formula is C11H18N2O3. The molecule has 1 aliphatic rings. The molecule has 0 aromatic heterocycles. The molecule has 0 aromatic carbocycles. The van der Waals surface area contributed by atoms with Gasteiger partial charge < -0.3 is 15.3 Å². The van der Waals surface area contributed by atoms with Crippen LogP contribution >= 0.6 is 0 Å². The summed E-state index contributed by atoms with van der Waals surface area (Å²) in [5, 5.41) is 11.5. The third-order valence-electron chi connectivity index (χ3n) is 2.69. The van der Waals surface area contributed by atoms with Crippen molar-refractivity contribution >= 4 is 12.0 Å². The SMILES string of the molecule is CCC(CNC(=O)N1CC=CCC1)C(=O)O. The van der Waals surface area contributed by atoms with Crippen LogP contribution in [-0.2, 0) is 4.79 Å². The van der Waals surface area contributed by atoms with E-state index < -0.39 is 11.9 Å². The van der Waals surface area contributed by atoms with Crippen LogP contribution in [-0.4, -0.2) is 41.6 Å². The number of hydrogen-bond donors (Lipinski definition) is 2. The molecule has 0 aliphatic carbocycles. The Balaban J connectivity index is 2.33. The zero-order chi connectivity index (χ0) is 12.0. The first kappa shape index (κ1) is 12.5. The van der Waals surface area contributed by atoms with Crippen LogP contribution in [0.2, 0.25) is 0 Å². The molecule has 90 valence electrons. The van der Waals surface area contributed by atoms with Gasteiger partial charge in [-0.3, -0.25) is 4.79 Å². The largest absolute Gasteiger partial charge is 0.481 e. The van der Waals surface area contributed by atoms with Crippen molar-refractivity contribution < 1.29 is 14.7 Å². The highest BCUT2D eigenvalue weighted by Crippen LogP contribution is 2.03. The molecule has 1 atom stereocenters. The van der Waals surface area contributed by atoms with Gasteiger partial charge in [-0.25, -0.2) is 4.79 Å². The van der Waals surface area contributed by atoms with Crippen LogP contribution in [0.5, 0.6) is 0 Å². The Morgan fingerprint density at radius 2 is 2.25 bits per heavy atom. The number of amides is 2. The third-order valence-corrected chi connectivity index (χ3v) is 2.69. The van der Waals surface area contributed by atoms with Gasteiger partial charge in [0.15, 0.2) is 0 Å². The molecule has 1 unspecified atom stereocenters. The number of aliphatic carboxylic acids is 1. The standard InChI is InChI=1S/C11H18N2O3/c1-2-9(10(14)15)8-12-11(16)13-6-4-3-5-7-13/h3-4,9H,2,5-8H2,1H3,(H,12,16)(H,14,15). The first-order valence-electron chi connectivity index (χ1n) is 5.55. The quantitative estimate of drug-likeness (QED) is 0.704. The van der Waals surface area contributed by atoms with E-state index in [4.69, 9.17) is 5.11 Å². The highest BCUT2D eigenvalue weighted by Gasteiger charge is 2.18. The summed E-state index contributed by atoms with van der Waals surface area (Å²) < 4.78 is 0. The lowest BCUT2D eigenvalue weighted by molar-refractivity contribution is -0.141. The molecule has 0 spiro atoms. The molecule has 2 N–H and O–H groups in total. The van der Waals surface area contributed by atoms with E-state index in [0.717, 1.165) is 6.42 Å². The van der Waals surface area contributed by atoms with Crippen molar-refractivity contribution in [2.75, 3.05) is 19.6 Å². The molecule has 5 heteroatoms. The minimum absolute atomic E-state index is 0.177. The molecule has 0 fully saturated rings. The Bertz CT molecular complexity index is 289. The number of nitrogens with zero attached hydrogens (tertiary/aromatic N) is 1. The summed E-state index contributed by atoms with van der Waals surface area (Å²) in [5.74, 6) is -1.36. The molecule has 0 bridgehead atoms. The van der Waals surface area contributed by atoms with Crippen LogP contribution in [0, 0.1) is 5.92 Å². The highest BCUT2D eigenvalue weighted by atomic mass is 16.4. The summed E-state index contributed by atoms with van der Waals surface area (Å²) in [6, 6.07) is -0.177. The Morgan fingerprint density at radius 3 is 2.75 bits per heavy atom. The summed E-state index contributed by atoms with van der Waals surface area (Å²) in [4.78, 5) is 24.0. The van der Waals surface area contributed by atoms with Gasteiger partial charge in [0.05, 0.1) is 5.92 Å². The molecule has 1 heterocycles. The van der Waals surface area contributed by atoms with Crippen LogP contribution in [0.1, 0.15) is 19.8 Å². The predicted octanol–water partition coefficient (Wildman–Crippen LogP) is 1.07. The first-order chi connectivity index (χ1) is 7.65. The molecule has 0 saturated carbocycles. The van der Waals surface area contributed by atoms with Gasteiger partial charge in [0.25, 0.3) is 0 Å². The predicted molar refractivity (Wildman–Crippen MR) is 60.1 cm³/mol. The number of carbonyl (C=O) groups is 2. The summed E-state index contributed by atoms with van der Waals surface area (Å²) in [6.07, 6.45) is 5.37. The fourth-order valence-electron chi connectivity index (χ4n) is 1.55. The molecule has 0 saturated heterocycles. The molecule has 0 aromatic rings. The minimum atomic E-state index is -0.860. The van der Waals surface area contributed by atoms with Crippen LogP contribution in [0.4, 0.5) is 4.79 Å². The zero-order valence-electron chi connectivity index (χ0n) is 9.48. The van der Waals surface area contributed by atoms with Crippen molar-refractivity contribution in [3.63, 3.8) is 0 Å². The molecular weight excluding hydrogens is 208 g/mol. The Labute approximate surface area is 95.1 Å². The molecule has 2 amide bonds. The highest BCUT2D eigenvalue weighted by molar-refractivity contribution is 5.76. The Hall–Kier alpha value is -1.52. The molecule has 16 heavy (non-hydrogen) atoms. The summed E-state index contributed by atoms with van der Waals surface area (Å²) >= 11 is 0. The van der Waals surface area contributed by atoms with E-state index in [0.29, 0.717) is 19.5 Å². The zero-order valence-corrected chi connectivity index (χ0v) is 9.48. The second-order valence-electron chi connectivity index (χ2n) is 3.84. The first-order valence-corrected chi connectivity index (χ1v) is 5.55. The number of carboxylic acids is 1. The Kier molecular flexibility index (Phi) is 4.82. The van der Waals surface area contributed by atoms with Crippen molar-refractivity contribution in [2.45, 2.75) is 19.8 Å². The fourth-order valence-corrected chi connectivity index (χ4v) is 1.55. The number of carbonyl (C=O) groups excluding carboxylic acids is 1. The van der Waals surface area contributed by atoms with E-state index in [1.165, 1.54) is 0 Å². The maximum atomic E-state index is 11.6. The molecule has 5 nitrogen and oxygen atoms in total. The molecule has 1 rings (SSSR count). The van der Waals surface area contributed by atoms with Gasteiger partial charge in [-0.05, 0) is 12.8 Å². The average Bonchev–Trinajstić information content (AvgIpc) is 2.30. The lowest BCUT2D eigenvalue weighted by Crippen LogP contribution is -2.44. The number of nitrogens with one attached hydrogen (secondary N) is 1. The van der Waals surface area contributed by atoms with Crippen LogP contribution in [0.25, 0.3) is 0 Å². The summed E-state index contributed by atoms with van der Waals surface area (Å²) in [6.45, 7) is 3.31. The van der Waals surface area contributed by atoms with E-state index in [-0.39, 0.29) is 12.6 Å². The van der Waals surface area contributed by atoms with E-state index in [9.17, 15) is 9.59 Å². The van der Waals surface area contributed by atoms with E-state index in [1.54, 1.807) is 11.8 Å². The lowest BCUT2D eigenvalue weighted by Gasteiger charge is -2.24. The van der Waals surface area contributed by atoms with Crippen LogP contribution in [0.3, 0.4) is 0 Å². The topological polar surface area (TPSA) is 69.6 Å². The minimum Gasteiger partial charge on any atom is -0.481 e. The van der Waals surface area contributed by atoms with Crippen molar-refractivity contribution in [2.24, 2.45) is 5.92 Å². The maximum absolute atomic E-state index is 11.6. The third kappa shape index (κ3) is 3.56. The normalized spacial score (nSPS) is 16.9. The molecule has 0 radical (unpaired) electrons. The van der Waals surface area contributed by atoms with Gasteiger partial charge in [-0.1, -0.05) is 19.1 Å². The van der Waals surface area contributed by atoms with E-state index >= 15 is 0 Å². The summed E-state index contributed by atoms with van der Waals surface area (Å²) in [5.41, 5.74) is 0. The van der Waals surface area contributed by atoms with E-state index in [2.05, 4.69) is 5.32 Å². The van der Waals surface area contributed by atoms with Gasteiger partial charge in [0.1, 0.15) is 0 Å². The fraction of sp³-hybridized carbons (Fsp3) is 0.636. The number of urea groups is 1. The average molecular weight is 226 g/mol. The lowest BCUT2D eigenvalue weighted by atomic mass is 10.1. The molecule has 1 aliphatic heterocycles. The van der Waals surface area contributed by atoms with Crippen molar-refractivity contribution in [1.82, 2.24) is 10.2 Å². The van der Waals surface area contributed by atoms with Crippen LogP contribution in [0.15, 0.2) is 12.2 Å². The number of carboxylic acid groups (broad SMARTS) is 1. The monoisotopic (exact) mass is 226 g/mol. The summed E-state index contributed by atoms with van der Waals surface area (Å²) in [7, 11) is 0. The van der Waals surface area contributed by atoms with Gasteiger partial charge in [0.2, 0.25) is 0 Å². The van der Waals surface area contributed by atoms with Crippen LogP contribution < -0.4 is 5.32 Å². The van der Waals surface area contributed by atoms with Crippen molar-refractivity contribution in [3.05, 3.63) is 12.2 Å². The van der Waals surface area contributed by atoms with Crippen molar-refractivity contribution in [1.29, 1.82) is 0 Å². The Morgan fingerprint density at radius 1 is 1.50 bits per heavy atom. The smallest absolute Gasteiger partial charge is 0.317 e. The van der Waals surface area contributed by atoms with Gasteiger partial charge in [0, 0.05) is 19.6 Å². The second-order valence-corrected chi connectivity index (χ2v) is 3.84. The van der Waals surface area contributed by atoms with E-state index in [1.807, 2.05) is 12.2 Å². The number of hydrogen-bond acceptors (Lipinski definition) is 2. The van der Waals surface area contributed by atoms with Gasteiger partial charge >= 0.3 is 12.0 Å². The van der Waals surface area contributed by atoms with Gasteiger partial charge in [-0.2, -0.15) is 0 Å². The van der Waals surface area contributed by atoms with Crippen molar-refractivity contribution in [3.8, 4) is 0 Å². The second kappa shape index (κ2) is 6.15. The maximum Gasteiger partial charge on any atom is 0.317 e.